The van der Waals surface area contributed by atoms with E-state index in [0.29, 0.717) is 0 Å². The number of hydrogen-bond acceptors (Lipinski definition) is 8. The zero-order chi connectivity index (χ0) is 12.6. The lowest BCUT2D eigenvalue weighted by molar-refractivity contribution is -0.0616. The maximum atomic E-state index is 11.4. The standard InChI is InChI=1S/C8H12N4O5/c9-4-1-10-12(8(16)11-4)7-6(15)5(14)3(2-13)17-7/h1,3,5-7,13-15H,2H2,(H2,9,11,16)/t3-,5-,6?,7-/m1/s1. The Kier molecular flexibility index (Phi) is 3.07. The van der Waals surface area contributed by atoms with Crippen LogP contribution >= 0.6 is 0 Å². The summed E-state index contributed by atoms with van der Waals surface area (Å²) in [6, 6.07) is 0. The average Bonchev–Trinajstić information content (AvgIpc) is 2.57. The Hall–Kier alpha value is -1.55. The van der Waals surface area contributed by atoms with Gasteiger partial charge in [0.2, 0.25) is 0 Å². The molecule has 1 aromatic heterocycles. The smallest absolute Gasteiger partial charge is 0.368 e. The minimum atomic E-state index is -1.37. The van der Waals surface area contributed by atoms with Gasteiger partial charge in [-0.3, -0.25) is 0 Å². The fourth-order valence-corrected chi connectivity index (χ4v) is 1.62. The Balaban J connectivity index is 2.32. The molecule has 94 valence electrons. The molecule has 0 aliphatic carbocycles. The SMILES string of the molecule is Nc1cnn([C@@H]2O[C@H](CO)[C@@H](O)C2O)c(=O)n1. The van der Waals surface area contributed by atoms with Crippen molar-refractivity contribution < 1.29 is 20.1 Å². The topological polar surface area (TPSA) is 144 Å². The molecule has 17 heavy (non-hydrogen) atoms. The van der Waals surface area contributed by atoms with Gasteiger partial charge in [0.25, 0.3) is 0 Å². The van der Waals surface area contributed by atoms with E-state index in [-0.39, 0.29) is 5.82 Å². The summed E-state index contributed by atoms with van der Waals surface area (Å²) < 4.78 is 5.88. The van der Waals surface area contributed by atoms with Gasteiger partial charge in [0.15, 0.2) is 6.23 Å². The monoisotopic (exact) mass is 244 g/mol. The number of aromatic nitrogens is 3. The quantitative estimate of drug-likeness (QED) is 0.426. The van der Waals surface area contributed by atoms with Crippen LogP contribution in [0.15, 0.2) is 11.0 Å². The van der Waals surface area contributed by atoms with Crippen molar-refractivity contribution in [3.05, 3.63) is 16.7 Å². The van der Waals surface area contributed by atoms with Crippen molar-refractivity contribution in [2.45, 2.75) is 24.5 Å². The van der Waals surface area contributed by atoms with Gasteiger partial charge in [0.05, 0.1) is 12.8 Å². The van der Waals surface area contributed by atoms with E-state index in [1.165, 1.54) is 0 Å². The maximum absolute atomic E-state index is 11.4. The fourth-order valence-electron chi connectivity index (χ4n) is 1.62. The molecule has 1 fully saturated rings. The number of rotatable bonds is 2. The van der Waals surface area contributed by atoms with Crippen LogP contribution < -0.4 is 11.4 Å². The van der Waals surface area contributed by atoms with Crippen LogP contribution in [0.1, 0.15) is 6.23 Å². The molecule has 0 spiro atoms. The Morgan fingerprint density at radius 1 is 1.47 bits per heavy atom. The molecule has 2 rings (SSSR count). The van der Waals surface area contributed by atoms with Crippen molar-refractivity contribution in [1.29, 1.82) is 0 Å². The highest BCUT2D eigenvalue weighted by molar-refractivity contribution is 5.19. The van der Waals surface area contributed by atoms with Crippen molar-refractivity contribution in [2.24, 2.45) is 0 Å². The first-order chi connectivity index (χ1) is 8.04. The molecule has 0 amide bonds. The first-order valence-electron chi connectivity index (χ1n) is 4.88. The molecule has 1 aromatic rings. The van der Waals surface area contributed by atoms with Crippen molar-refractivity contribution in [3.8, 4) is 0 Å². The molecular formula is C8H12N4O5. The first kappa shape index (κ1) is 11.9. The molecule has 1 unspecified atom stereocenters. The third-order valence-corrected chi connectivity index (χ3v) is 2.49. The summed E-state index contributed by atoms with van der Waals surface area (Å²) in [5.41, 5.74) is 4.46. The Labute approximate surface area is 95.1 Å². The molecule has 9 nitrogen and oxygen atoms in total. The van der Waals surface area contributed by atoms with Crippen molar-refractivity contribution in [3.63, 3.8) is 0 Å². The van der Waals surface area contributed by atoms with E-state index in [1.807, 2.05) is 0 Å². The summed E-state index contributed by atoms with van der Waals surface area (Å²) in [6.45, 7) is -0.480. The second-order valence-electron chi connectivity index (χ2n) is 3.64. The zero-order valence-corrected chi connectivity index (χ0v) is 8.67. The molecule has 1 aliphatic heterocycles. The molecule has 1 saturated heterocycles. The van der Waals surface area contributed by atoms with Gasteiger partial charge in [-0.15, -0.1) is 0 Å². The zero-order valence-electron chi connectivity index (χ0n) is 8.67. The van der Waals surface area contributed by atoms with Crippen LogP contribution in [0.3, 0.4) is 0 Å². The molecule has 4 atom stereocenters. The number of aliphatic hydroxyl groups excluding tert-OH is 3. The number of nitrogens with two attached hydrogens (primary N) is 1. The summed E-state index contributed by atoms with van der Waals surface area (Å²) in [7, 11) is 0. The number of anilines is 1. The molecule has 0 aromatic carbocycles. The van der Waals surface area contributed by atoms with E-state index in [1.54, 1.807) is 0 Å². The summed E-state index contributed by atoms with van der Waals surface area (Å²) >= 11 is 0. The maximum Gasteiger partial charge on any atom is 0.368 e. The van der Waals surface area contributed by atoms with Crippen LogP contribution in [0, 0.1) is 0 Å². The largest absolute Gasteiger partial charge is 0.394 e. The number of nitrogens with zero attached hydrogens (tertiary/aromatic N) is 3. The lowest BCUT2D eigenvalue weighted by Crippen LogP contribution is -2.37. The summed E-state index contributed by atoms with van der Waals surface area (Å²) in [5, 5.41) is 31.7. The summed E-state index contributed by atoms with van der Waals surface area (Å²) in [6.07, 6.45) is -3.71. The molecule has 0 radical (unpaired) electrons. The number of hydrogen-bond donors (Lipinski definition) is 4. The lowest BCUT2D eigenvalue weighted by atomic mass is 10.1. The van der Waals surface area contributed by atoms with Crippen LogP contribution in [0.2, 0.25) is 0 Å². The third kappa shape index (κ3) is 2.00. The minimum absolute atomic E-state index is 0.0574. The van der Waals surface area contributed by atoms with E-state index >= 15 is 0 Å². The van der Waals surface area contributed by atoms with Crippen molar-refractivity contribution >= 4 is 5.82 Å². The molecule has 5 N–H and O–H groups in total. The summed E-state index contributed by atoms with van der Waals surface area (Å²) in [4.78, 5) is 14.9. The fraction of sp³-hybridized carbons (Fsp3) is 0.625. The first-order valence-corrected chi connectivity index (χ1v) is 4.88. The van der Waals surface area contributed by atoms with Crippen molar-refractivity contribution in [1.82, 2.24) is 14.8 Å². The molecule has 0 bridgehead atoms. The van der Waals surface area contributed by atoms with Gasteiger partial charge in [-0.25, -0.2) is 4.79 Å². The highest BCUT2D eigenvalue weighted by atomic mass is 16.6. The molecule has 2 heterocycles. The normalized spacial score (nSPS) is 32.9. The van der Waals surface area contributed by atoms with Gasteiger partial charge in [-0.1, -0.05) is 0 Å². The van der Waals surface area contributed by atoms with Gasteiger partial charge in [-0.2, -0.15) is 14.8 Å². The van der Waals surface area contributed by atoms with Gasteiger partial charge in [0.1, 0.15) is 24.1 Å². The average molecular weight is 244 g/mol. The van der Waals surface area contributed by atoms with E-state index in [2.05, 4.69) is 10.1 Å². The van der Waals surface area contributed by atoms with Gasteiger partial charge >= 0.3 is 5.69 Å². The Bertz CT molecular complexity index is 463. The van der Waals surface area contributed by atoms with E-state index in [4.69, 9.17) is 15.6 Å². The van der Waals surface area contributed by atoms with Crippen LogP contribution in [0.4, 0.5) is 5.82 Å². The van der Waals surface area contributed by atoms with Crippen LogP contribution in [-0.4, -0.2) is 55.0 Å². The number of ether oxygens (including phenoxy) is 1. The number of nitrogen functional groups attached to an aromatic ring is 1. The van der Waals surface area contributed by atoms with Crippen LogP contribution in [-0.2, 0) is 4.74 Å². The number of aliphatic hydroxyl groups is 3. The lowest BCUT2D eigenvalue weighted by Gasteiger charge is -2.15. The van der Waals surface area contributed by atoms with Crippen LogP contribution in [0.25, 0.3) is 0 Å². The predicted molar refractivity (Wildman–Crippen MR) is 53.7 cm³/mol. The summed E-state index contributed by atoms with van der Waals surface area (Å²) in [5.74, 6) is -0.0574. The van der Waals surface area contributed by atoms with Gasteiger partial charge in [0, 0.05) is 0 Å². The van der Waals surface area contributed by atoms with E-state index < -0.39 is 36.8 Å². The second-order valence-corrected chi connectivity index (χ2v) is 3.64. The van der Waals surface area contributed by atoms with Gasteiger partial charge < -0.3 is 25.8 Å². The van der Waals surface area contributed by atoms with E-state index in [9.17, 15) is 15.0 Å². The molecule has 1 aliphatic rings. The highest BCUT2D eigenvalue weighted by Gasteiger charge is 2.44. The van der Waals surface area contributed by atoms with Crippen LogP contribution in [0.5, 0.6) is 0 Å². The van der Waals surface area contributed by atoms with Crippen molar-refractivity contribution in [2.75, 3.05) is 12.3 Å². The Morgan fingerprint density at radius 3 is 2.71 bits per heavy atom. The molecular weight excluding hydrogens is 232 g/mol. The highest BCUT2D eigenvalue weighted by Crippen LogP contribution is 2.27. The van der Waals surface area contributed by atoms with E-state index in [0.717, 1.165) is 10.9 Å². The van der Waals surface area contributed by atoms with Gasteiger partial charge in [-0.05, 0) is 0 Å². The Morgan fingerprint density at radius 2 is 2.18 bits per heavy atom. The second kappa shape index (κ2) is 4.37. The molecule has 0 saturated carbocycles. The molecule has 9 heteroatoms. The predicted octanol–water partition coefficient (Wildman–Crippen LogP) is -3.17. The minimum Gasteiger partial charge on any atom is -0.394 e. The third-order valence-electron chi connectivity index (χ3n) is 2.49.